The summed E-state index contributed by atoms with van der Waals surface area (Å²) in [7, 11) is 3.63. The maximum Gasteiger partial charge on any atom is 0.323 e. The van der Waals surface area contributed by atoms with Gasteiger partial charge in [0.2, 0.25) is 0 Å². The summed E-state index contributed by atoms with van der Waals surface area (Å²) in [6.45, 7) is 3.80. The molecule has 19 heavy (non-hydrogen) atoms. The molecular weight excluding hydrogens is 264 g/mol. The fourth-order valence-electron chi connectivity index (χ4n) is 1.89. The Morgan fingerprint density at radius 2 is 2.21 bits per heavy atom. The van der Waals surface area contributed by atoms with E-state index in [0.29, 0.717) is 12.8 Å². The van der Waals surface area contributed by atoms with Gasteiger partial charge in [0.05, 0.1) is 0 Å². The number of rotatable bonds is 8. The Balaban J connectivity index is 2.45. The lowest BCUT2D eigenvalue weighted by atomic mass is 9.91. The molecule has 6 nitrogen and oxygen atoms in total. The van der Waals surface area contributed by atoms with Crippen LogP contribution in [-0.2, 0) is 11.8 Å². The van der Waals surface area contributed by atoms with Gasteiger partial charge in [-0.15, -0.1) is 10.2 Å². The van der Waals surface area contributed by atoms with E-state index >= 15 is 0 Å². The molecule has 0 fully saturated rings. The van der Waals surface area contributed by atoms with Crippen molar-refractivity contribution in [3.63, 3.8) is 0 Å². The highest BCUT2D eigenvalue weighted by molar-refractivity contribution is 7.99. The number of hydrogen-bond acceptors (Lipinski definition) is 5. The lowest BCUT2D eigenvalue weighted by Crippen LogP contribution is -2.49. The smallest absolute Gasteiger partial charge is 0.323 e. The number of aromatic nitrogens is 3. The Labute approximate surface area is 118 Å². The summed E-state index contributed by atoms with van der Waals surface area (Å²) in [5.41, 5.74) is -0.809. The monoisotopic (exact) mass is 286 g/mol. The molecule has 7 heteroatoms. The first-order valence-corrected chi connectivity index (χ1v) is 7.36. The van der Waals surface area contributed by atoms with Crippen LogP contribution in [0.15, 0.2) is 5.16 Å². The van der Waals surface area contributed by atoms with Crippen molar-refractivity contribution < 1.29 is 9.90 Å². The minimum absolute atomic E-state index is 0.576. The normalized spacial score (nSPS) is 14.3. The Morgan fingerprint density at radius 3 is 2.63 bits per heavy atom. The molecular formula is C12H22N4O2S. The summed E-state index contributed by atoms with van der Waals surface area (Å²) < 4.78 is 1.94. The summed E-state index contributed by atoms with van der Waals surface area (Å²) in [5.74, 6) is 0.936. The highest BCUT2D eigenvalue weighted by atomic mass is 32.2. The number of thioether (sulfide) groups is 1. The topological polar surface area (TPSA) is 80.0 Å². The molecule has 108 valence electrons. The van der Waals surface area contributed by atoms with Gasteiger partial charge < -0.3 is 15.0 Å². The van der Waals surface area contributed by atoms with Gasteiger partial charge in [-0.05, 0) is 33.2 Å². The lowest BCUT2D eigenvalue weighted by Gasteiger charge is -2.27. The number of hydrogen-bond donors (Lipinski definition) is 2. The molecule has 1 atom stereocenters. The lowest BCUT2D eigenvalue weighted by molar-refractivity contribution is -0.145. The zero-order valence-electron chi connectivity index (χ0n) is 11.9. The standard InChI is InChI=1S/C12H22N4O2S/c1-5-12(13-3,10(17)18)7-6-8-19-11-15-14-9(2)16(11)4/h13H,5-8H2,1-4H3,(H,17,18). The number of aryl methyl sites for hydroxylation is 1. The van der Waals surface area contributed by atoms with E-state index in [1.165, 1.54) is 0 Å². The molecule has 0 aliphatic carbocycles. The fourth-order valence-corrected chi connectivity index (χ4v) is 2.79. The van der Waals surface area contributed by atoms with Crippen molar-refractivity contribution in [2.45, 2.75) is 43.8 Å². The number of carbonyl (C=O) groups is 1. The van der Waals surface area contributed by atoms with E-state index < -0.39 is 11.5 Å². The van der Waals surface area contributed by atoms with Crippen molar-refractivity contribution in [2.75, 3.05) is 12.8 Å². The second kappa shape index (κ2) is 6.91. The maximum absolute atomic E-state index is 11.3. The Morgan fingerprint density at radius 1 is 1.53 bits per heavy atom. The van der Waals surface area contributed by atoms with Crippen LogP contribution < -0.4 is 5.32 Å². The van der Waals surface area contributed by atoms with E-state index in [4.69, 9.17) is 0 Å². The van der Waals surface area contributed by atoms with Gasteiger partial charge in [0.1, 0.15) is 11.4 Å². The minimum atomic E-state index is -0.809. The molecule has 1 heterocycles. The van der Waals surface area contributed by atoms with Crippen LogP contribution in [-0.4, -0.2) is 44.2 Å². The number of aliphatic carboxylic acids is 1. The van der Waals surface area contributed by atoms with Gasteiger partial charge in [-0.25, -0.2) is 0 Å². The Hall–Kier alpha value is -1.08. The number of carboxylic acid groups (broad SMARTS) is 1. The van der Waals surface area contributed by atoms with Crippen LogP contribution in [0.2, 0.25) is 0 Å². The second-order valence-electron chi connectivity index (χ2n) is 4.53. The van der Waals surface area contributed by atoms with Crippen molar-refractivity contribution in [1.82, 2.24) is 20.1 Å². The van der Waals surface area contributed by atoms with Gasteiger partial charge in [-0.2, -0.15) is 0 Å². The molecule has 0 aliphatic heterocycles. The van der Waals surface area contributed by atoms with Crippen molar-refractivity contribution in [2.24, 2.45) is 7.05 Å². The maximum atomic E-state index is 11.3. The molecule has 0 radical (unpaired) electrons. The predicted octanol–water partition coefficient (Wildman–Crippen LogP) is 1.45. The number of nitrogens with one attached hydrogen (secondary N) is 1. The Bertz CT molecular complexity index is 429. The zero-order valence-corrected chi connectivity index (χ0v) is 12.8. The van der Waals surface area contributed by atoms with Gasteiger partial charge in [0.25, 0.3) is 0 Å². The molecule has 0 saturated heterocycles. The molecule has 0 amide bonds. The Kier molecular flexibility index (Phi) is 5.81. The molecule has 0 aromatic carbocycles. The summed E-state index contributed by atoms with van der Waals surface area (Å²) >= 11 is 1.61. The van der Waals surface area contributed by atoms with E-state index in [-0.39, 0.29) is 0 Å². The summed E-state index contributed by atoms with van der Waals surface area (Å²) in [6, 6.07) is 0. The van der Waals surface area contributed by atoms with Crippen molar-refractivity contribution in [1.29, 1.82) is 0 Å². The van der Waals surface area contributed by atoms with E-state index in [1.807, 2.05) is 25.5 Å². The third-order valence-corrected chi connectivity index (χ3v) is 4.63. The van der Waals surface area contributed by atoms with Crippen LogP contribution in [0, 0.1) is 6.92 Å². The third-order valence-electron chi connectivity index (χ3n) is 3.52. The first kappa shape index (κ1) is 16.0. The van der Waals surface area contributed by atoms with Crippen LogP contribution >= 0.6 is 11.8 Å². The van der Waals surface area contributed by atoms with E-state index in [1.54, 1.807) is 18.8 Å². The van der Waals surface area contributed by atoms with Crippen LogP contribution in [0.5, 0.6) is 0 Å². The van der Waals surface area contributed by atoms with Gasteiger partial charge in [-0.3, -0.25) is 4.79 Å². The summed E-state index contributed by atoms with van der Waals surface area (Å²) in [6.07, 6.45) is 2.00. The summed E-state index contributed by atoms with van der Waals surface area (Å²) in [4.78, 5) is 11.3. The van der Waals surface area contributed by atoms with E-state index in [2.05, 4.69) is 15.5 Å². The molecule has 1 unspecified atom stereocenters. The van der Waals surface area contributed by atoms with Crippen LogP contribution in [0.3, 0.4) is 0 Å². The predicted molar refractivity (Wildman–Crippen MR) is 75.4 cm³/mol. The molecule has 0 saturated carbocycles. The zero-order chi connectivity index (χ0) is 14.5. The molecule has 1 aromatic heterocycles. The average Bonchev–Trinajstić information content (AvgIpc) is 2.71. The SMILES string of the molecule is CCC(CCCSc1nnc(C)n1C)(NC)C(=O)O. The molecule has 1 rings (SSSR count). The molecule has 0 spiro atoms. The molecule has 0 aliphatic rings. The van der Waals surface area contributed by atoms with Crippen LogP contribution in [0.1, 0.15) is 32.0 Å². The first-order valence-electron chi connectivity index (χ1n) is 6.38. The average molecular weight is 286 g/mol. The van der Waals surface area contributed by atoms with Gasteiger partial charge in [0, 0.05) is 12.8 Å². The van der Waals surface area contributed by atoms with Crippen molar-refractivity contribution >= 4 is 17.7 Å². The molecule has 1 aromatic rings. The fraction of sp³-hybridized carbons (Fsp3) is 0.750. The van der Waals surface area contributed by atoms with E-state index in [9.17, 15) is 9.90 Å². The third kappa shape index (κ3) is 3.70. The van der Waals surface area contributed by atoms with E-state index in [0.717, 1.165) is 23.2 Å². The highest BCUT2D eigenvalue weighted by Crippen LogP contribution is 2.22. The van der Waals surface area contributed by atoms with Gasteiger partial charge in [0.15, 0.2) is 5.16 Å². The van der Waals surface area contributed by atoms with Crippen molar-refractivity contribution in [3.05, 3.63) is 5.82 Å². The van der Waals surface area contributed by atoms with Crippen LogP contribution in [0.4, 0.5) is 0 Å². The van der Waals surface area contributed by atoms with Gasteiger partial charge >= 0.3 is 5.97 Å². The van der Waals surface area contributed by atoms with Gasteiger partial charge in [-0.1, -0.05) is 18.7 Å². The van der Waals surface area contributed by atoms with Crippen LogP contribution in [0.25, 0.3) is 0 Å². The molecule has 0 bridgehead atoms. The quantitative estimate of drug-likeness (QED) is 0.556. The minimum Gasteiger partial charge on any atom is -0.480 e. The first-order chi connectivity index (χ1) is 8.96. The largest absolute Gasteiger partial charge is 0.480 e. The highest BCUT2D eigenvalue weighted by Gasteiger charge is 2.34. The van der Waals surface area contributed by atoms with Crippen molar-refractivity contribution in [3.8, 4) is 0 Å². The summed E-state index contributed by atoms with van der Waals surface area (Å²) in [5, 5.41) is 21.2. The molecule has 2 N–H and O–H groups in total. The number of nitrogens with zero attached hydrogens (tertiary/aromatic N) is 3. The number of carboxylic acids is 1. The second-order valence-corrected chi connectivity index (χ2v) is 5.59. The number of likely N-dealkylation sites (N-methyl/N-ethyl adjacent to an activating group) is 1.